The van der Waals surface area contributed by atoms with Crippen molar-refractivity contribution < 1.29 is 76.3 Å². The summed E-state index contributed by atoms with van der Waals surface area (Å²) in [7, 11) is 10.3. The average molecular weight is 999 g/mol. The van der Waals surface area contributed by atoms with Gasteiger partial charge in [-0.25, -0.2) is 9.97 Å². The quantitative estimate of drug-likeness (QED) is 0.0729. The number of aromatic nitrogens is 4. The zero-order valence-corrected chi connectivity index (χ0v) is 42.0. The van der Waals surface area contributed by atoms with Gasteiger partial charge in [0.25, 0.3) is 0 Å². The second-order valence-electron chi connectivity index (χ2n) is 16.7. The van der Waals surface area contributed by atoms with Gasteiger partial charge in [-0.15, -0.1) is 0 Å². The normalized spacial score (nSPS) is 12.0. The number of hydrogen-bond donors (Lipinski definition) is 2. The molecule has 0 amide bonds. The van der Waals surface area contributed by atoms with Gasteiger partial charge in [0.2, 0.25) is 0 Å². The Morgan fingerprint density at radius 1 is 0.306 bits per heavy atom. The van der Waals surface area contributed by atoms with Crippen LogP contribution in [-0.4, -0.2) is 125 Å². The summed E-state index contributed by atoms with van der Waals surface area (Å²) >= 11 is 0. The lowest BCUT2D eigenvalue weighted by atomic mass is 9.94. The average Bonchev–Trinajstić information content (AvgIpc) is 4.10. The Morgan fingerprint density at radius 3 is 0.722 bits per heavy atom. The molecule has 20 nitrogen and oxygen atoms in total. The largest absolute Gasteiger partial charge is 0.469 e. The molecule has 2 aliphatic rings. The Hall–Kier alpha value is -7.64. The molecule has 0 atom stereocenters. The maximum Gasteiger partial charge on any atom is 0.305 e. The molecule has 0 aliphatic carbocycles. The Labute approximate surface area is 416 Å². The van der Waals surface area contributed by atoms with Crippen LogP contribution < -0.4 is 0 Å². The van der Waals surface area contributed by atoms with Crippen LogP contribution in [0.15, 0.2) is 24.3 Å². The zero-order chi connectivity index (χ0) is 52.5. The van der Waals surface area contributed by atoms with Crippen molar-refractivity contribution in [3.8, 4) is 0 Å². The van der Waals surface area contributed by atoms with Crippen LogP contribution >= 0.6 is 0 Å². The molecule has 72 heavy (non-hydrogen) atoms. The fourth-order valence-corrected chi connectivity index (χ4v) is 8.80. The standard InChI is InChI=1S/C52H62N4O16/c1-65-45(57)17-9-29-30(10-18-46(58)66-2)38-26-40-33(13-21-49(61)69-5)34(14-22-50(62)70-6)42(55-40)28-44-36(16-24-52(64)72-8)35(15-23-51(63)71-7)43(56-44)27-41-32(12-20-48(60)68-4)31(11-19-47(59)67-3)39(54-41)25-37(29)53-38/h25-28,53-54H,9-24H2,1-8H3. The van der Waals surface area contributed by atoms with Crippen molar-refractivity contribution in [1.29, 1.82) is 0 Å². The molecule has 0 aromatic carbocycles. The van der Waals surface area contributed by atoms with E-state index in [-0.39, 0.29) is 103 Å². The van der Waals surface area contributed by atoms with Gasteiger partial charge in [0, 0.05) is 73.4 Å². The Balaban J connectivity index is 2.09. The molecule has 0 saturated carbocycles. The number of H-pyrrole nitrogens is 2. The molecule has 0 spiro atoms. The molecule has 3 aromatic heterocycles. The molecule has 0 saturated heterocycles. The summed E-state index contributed by atoms with van der Waals surface area (Å²) in [5, 5.41) is 0. The highest BCUT2D eigenvalue weighted by Crippen LogP contribution is 2.41. The van der Waals surface area contributed by atoms with Gasteiger partial charge in [0.1, 0.15) is 0 Å². The minimum atomic E-state index is -0.499. The predicted molar refractivity (Wildman–Crippen MR) is 261 cm³/mol. The zero-order valence-electron chi connectivity index (χ0n) is 42.0. The third-order valence-corrected chi connectivity index (χ3v) is 12.6. The van der Waals surface area contributed by atoms with E-state index in [1.54, 1.807) is 18.2 Å². The first-order valence-electron chi connectivity index (χ1n) is 23.4. The number of fused-ring (bicyclic) bond motifs is 8. The first-order valence-corrected chi connectivity index (χ1v) is 23.4. The van der Waals surface area contributed by atoms with Gasteiger partial charge in [0.15, 0.2) is 0 Å². The third-order valence-electron chi connectivity index (χ3n) is 12.6. The Morgan fingerprint density at radius 2 is 0.500 bits per heavy atom. The molecular weight excluding hydrogens is 937 g/mol. The van der Waals surface area contributed by atoms with Gasteiger partial charge >= 0.3 is 47.8 Å². The maximum atomic E-state index is 12.8. The second-order valence-corrected chi connectivity index (χ2v) is 16.7. The van der Waals surface area contributed by atoms with Crippen molar-refractivity contribution in [2.75, 3.05) is 56.9 Å². The third kappa shape index (κ3) is 14.3. The minimum absolute atomic E-state index is 0.0452. The summed E-state index contributed by atoms with van der Waals surface area (Å²) < 4.78 is 40.4. The summed E-state index contributed by atoms with van der Waals surface area (Å²) in [6.45, 7) is 0. The molecule has 5 rings (SSSR count). The molecule has 20 heteroatoms. The van der Waals surface area contributed by atoms with E-state index >= 15 is 0 Å². The first-order chi connectivity index (χ1) is 34.6. The van der Waals surface area contributed by atoms with Gasteiger partial charge in [-0.05, 0) is 120 Å². The van der Waals surface area contributed by atoms with E-state index in [0.29, 0.717) is 89.4 Å². The lowest BCUT2D eigenvalue weighted by Crippen LogP contribution is -2.05. The highest BCUT2D eigenvalue weighted by molar-refractivity contribution is 5.98. The van der Waals surface area contributed by atoms with Crippen LogP contribution in [0.2, 0.25) is 0 Å². The van der Waals surface area contributed by atoms with E-state index in [9.17, 15) is 38.4 Å². The number of nitrogens with zero attached hydrogens (tertiary/aromatic N) is 2. The molecule has 0 radical (unpaired) electrons. The number of ether oxygens (including phenoxy) is 8. The monoisotopic (exact) mass is 998 g/mol. The summed E-state index contributed by atoms with van der Waals surface area (Å²) in [4.78, 5) is 120. The van der Waals surface area contributed by atoms with Crippen LogP contribution in [-0.2, 0) is 102 Å². The van der Waals surface area contributed by atoms with Crippen LogP contribution in [0.25, 0.3) is 44.4 Å². The highest BCUT2D eigenvalue weighted by Gasteiger charge is 2.28. The van der Waals surface area contributed by atoms with Crippen molar-refractivity contribution >= 4 is 92.1 Å². The molecular formula is C52H62N4O16. The number of carbonyl (C=O) groups is 8. The van der Waals surface area contributed by atoms with Gasteiger partial charge in [-0.2, -0.15) is 0 Å². The molecule has 2 N–H and O–H groups in total. The van der Waals surface area contributed by atoms with Crippen molar-refractivity contribution in [2.24, 2.45) is 0 Å². The lowest BCUT2D eigenvalue weighted by Gasteiger charge is -2.09. The molecule has 5 heterocycles. The Bertz CT molecular complexity index is 2630. The number of nitrogens with one attached hydrogen (secondary N) is 2. The van der Waals surface area contributed by atoms with Crippen LogP contribution in [0.3, 0.4) is 0 Å². The number of rotatable bonds is 24. The number of aryl methyl sites for hydroxylation is 4. The number of hydrogen-bond acceptors (Lipinski definition) is 18. The maximum absolute atomic E-state index is 12.8. The van der Waals surface area contributed by atoms with Crippen molar-refractivity contribution in [2.45, 2.75) is 103 Å². The molecule has 386 valence electrons. The second kappa shape index (κ2) is 26.5. The van der Waals surface area contributed by atoms with Gasteiger partial charge < -0.3 is 47.9 Å². The SMILES string of the molecule is COC(=O)CCC1=C(CCC(=O)OC)c2cc3[nH]c(cc4[nH]c(cc5nc(cc1n2)C(CCC(=O)OC)=C5CCC(=O)OC)c(CCC(=O)OC)c4CCC(=O)OC)c(CCC(=O)OC)c3CCC(=O)OC. The molecule has 3 aromatic rings. The van der Waals surface area contributed by atoms with Gasteiger partial charge in [0.05, 0.1) is 79.7 Å². The minimum Gasteiger partial charge on any atom is -0.469 e. The number of aromatic amines is 2. The van der Waals surface area contributed by atoms with Crippen LogP contribution in [0.1, 0.15) is 122 Å². The van der Waals surface area contributed by atoms with Crippen molar-refractivity contribution in [3.05, 3.63) is 69.3 Å². The van der Waals surface area contributed by atoms with Crippen molar-refractivity contribution in [3.63, 3.8) is 0 Å². The summed E-state index contributed by atoms with van der Waals surface area (Å²) in [5.74, 6) is -3.94. The van der Waals surface area contributed by atoms with Crippen molar-refractivity contribution in [1.82, 2.24) is 19.9 Å². The van der Waals surface area contributed by atoms with E-state index < -0.39 is 47.8 Å². The summed E-state index contributed by atoms with van der Waals surface area (Å²) in [6, 6.07) is 7.11. The van der Waals surface area contributed by atoms with Crippen LogP contribution in [0.4, 0.5) is 0 Å². The van der Waals surface area contributed by atoms with Crippen LogP contribution in [0.5, 0.6) is 0 Å². The predicted octanol–water partition coefficient (Wildman–Crippen LogP) is 6.37. The molecule has 0 fully saturated rings. The van der Waals surface area contributed by atoms with Gasteiger partial charge in [-0.3, -0.25) is 38.4 Å². The summed E-state index contributed by atoms with van der Waals surface area (Å²) in [5.41, 5.74) is 8.57. The molecule has 2 aliphatic heterocycles. The Kier molecular flexibility index (Phi) is 20.4. The van der Waals surface area contributed by atoms with Gasteiger partial charge in [-0.1, -0.05) is 0 Å². The lowest BCUT2D eigenvalue weighted by molar-refractivity contribution is -0.141. The number of carbonyl (C=O) groups excluding carboxylic acids is 8. The number of allylic oxidation sites excluding steroid dienone is 4. The number of methoxy groups -OCH3 is 8. The number of esters is 8. The van der Waals surface area contributed by atoms with E-state index in [2.05, 4.69) is 9.97 Å². The fraction of sp³-hybridized carbons (Fsp3) is 0.462. The fourth-order valence-electron chi connectivity index (χ4n) is 8.80. The van der Waals surface area contributed by atoms with E-state index in [1.807, 2.05) is 6.07 Å². The smallest absolute Gasteiger partial charge is 0.305 e. The molecule has 8 bridgehead atoms. The van der Waals surface area contributed by atoms with E-state index in [1.165, 1.54) is 56.9 Å². The topological polar surface area (TPSA) is 268 Å². The van der Waals surface area contributed by atoms with E-state index in [4.69, 9.17) is 47.9 Å². The highest BCUT2D eigenvalue weighted by atomic mass is 16.5. The van der Waals surface area contributed by atoms with E-state index in [0.717, 1.165) is 0 Å². The summed E-state index contributed by atoms with van der Waals surface area (Å²) in [6.07, 6.45) is 0.641. The molecule has 0 unspecified atom stereocenters. The first kappa shape index (κ1) is 55.3. The van der Waals surface area contributed by atoms with Crippen LogP contribution in [0, 0.1) is 0 Å².